The van der Waals surface area contributed by atoms with Crippen molar-refractivity contribution in [2.24, 2.45) is 0 Å². The minimum atomic E-state index is -0.0250. The van der Waals surface area contributed by atoms with Gasteiger partial charge in [0.2, 0.25) is 0 Å². The van der Waals surface area contributed by atoms with Gasteiger partial charge >= 0.3 is 0 Å². The van der Waals surface area contributed by atoms with Crippen LogP contribution in [0.1, 0.15) is 15.9 Å². The number of carbonyl (C=O) groups excluding carboxylic acids is 1. The summed E-state index contributed by atoms with van der Waals surface area (Å²) in [4.78, 5) is 19.5. The summed E-state index contributed by atoms with van der Waals surface area (Å²) in [6.45, 7) is 0. The van der Waals surface area contributed by atoms with Crippen molar-refractivity contribution in [2.75, 3.05) is 24.3 Å². The number of rotatable bonds is 6. The Balaban J connectivity index is 1.37. The molecule has 0 aliphatic heterocycles. The fourth-order valence-corrected chi connectivity index (χ4v) is 3.99. The molecule has 34 heavy (non-hydrogen) atoms. The topological polar surface area (TPSA) is 45.2 Å². The summed E-state index contributed by atoms with van der Waals surface area (Å²) in [6, 6.07) is 31.9. The van der Waals surface area contributed by atoms with Crippen LogP contribution in [0.2, 0.25) is 0 Å². The lowest BCUT2D eigenvalue weighted by Gasteiger charge is -2.13. The number of hydrogen-bond donors (Lipinski definition) is 1. The Labute approximate surface area is 199 Å². The summed E-state index contributed by atoms with van der Waals surface area (Å²) >= 11 is 0. The number of benzene rings is 4. The van der Waals surface area contributed by atoms with Crippen LogP contribution in [0.25, 0.3) is 27.9 Å². The van der Waals surface area contributed by atoms with E-state index in [1.807, 2.05) is 110 Å². The van der Waals surface area contributed by atoms with E-state index < -0.39 is 0 Å². The van der Waals surface area contributed by atoms with Crippen LogP contribution < -0.4 is 10.2 Å². The minimum Gasteiger partial charge on any atom is -0.378 e. The number of nitrogens with one attached hydrogen (secondary N) is 1. The van der Waals surface area contributed by atoms with Gasteiger partial charge in [-0.1, -0.05) is 54.6 Å². The molecule has 1 N–H and O–H groups in total. The average molecular weight is 444 g/mol. The van der Waals surface area contributed by atoms with Crippen LogP contribution >= 0.6 is 0 Å². The van der Waals surface area contributed by atoms with Gasteiger partial charge in [-0.3, -0.25) is 4.79 Å². The number of hydrogen-bond acceptors (Lipinski definition) is 4. The highest BCUT2D eigenvalue weighted by molar-refractivity contribution is 6.09. The molecule has 0 radical (unpaired) electrons. The average Bonchev–Trinajstić information content (AvgIpc) is 2.88. The van der Waals surface area contributed by atoms with Crippen molar-refractivity contribution in [1.29, 1.82) is 0 Å². The van der Waals surface area contributed by atoms with Crippen molar-refractivity contribution in [2.45, 2.75) is 0 Å². The van der Waals surface area contributed by atoms with Gasteiger partial charge in [0, 0.05) is 41.8 Å². The zero-order valence-corrected chi connectivity index (χ0v) is 19.2. The van der Waals surface area contributed by atoms with Crippen LogP contribution in [0.15, 0.2) is 103 Å². The first-order valence-electron chi connectivity index (χ1n) is 11.2. The summed E-state index contributed by atoms with van der Waals surface area (Å²) in [5.74, 6) is -0.0250. The van der Waals surface area contributed by atoms with Crippen LogP contribution in [-0.4, -0.2) is 24.9 Å². The highest BCUT2D eigenvalue weighted by Crippen LogP contribution is 2.33. The van der Waals surface area contributed by atoms with E-state index in [9.17, 15) is 4.79 Å². The normalized spacial score (nSPS) is 11.2. The highest BCUT2D eigenvalue weighted by atomic mass is 16.1. The standard InChI is InChI=1S/C30H25N3O/c1-33(2)24-18-11-21(12-19-24)13-20-29(34)22-14-16-23(17-15-22)31-30-25-7-3-5-9-27(25)32-28-10-6-4-8-26(28)30/h3-20H,1-2H3,(H,31,32)/b20-13+. The number of anilines is 3. The van der Waals surface area contributed by atoms with Gasteiger partial charge < -0.3 is 10.2 Å². The highest BCUT2D eigenvalue weighted by Gasteiger charge is 2.09. The van der Waals surface area contributed by atoms with Crippen molar-refractivity contribution < 1.29 is 4.79 Å². The molecule has 0 fully saturated rings. The molecule has 4 nitrogen and oxygen atoms in total. The van der Waals surface area contributed by atoms with E-state index in [1.54, 1.807) is 6.08 Å². The van der Waals surface area contributed by atoms with Crippen LogP contribution in [0.5, 0.6) is 0 Å². The van der Waals surface area contributed by atoms with E-state index in [-0.39, 0.29) is 5.78 Å². The quantitative estimate of drug-likeness (QED) is 0.173. The summed E-state index contributed by atoms with van der Waals surface area (Å²) < 4.78 is 0. The second-order valence-corrected chi connectivity index (χ2v) is 8.41. The molecule has 0 saturated carbocycles. The molecule has 0 unspecified atom stereocenters. The van der Waals surface area contributed by atoms with Crippen molar-refractivity contribution >= 4 is 50.7 Å². The van der Waals surface area contributed by atoms with Gasteiger partial charge in [-0.15, -0.1) is 0 Å². The van der Waals surface area contributed by atoms with Gasteiger partial charge in [-0.05, 0) is 60.2 Å². The van der Waals surface area contributed by atoms with Crippen LogP contribution in [0.4, 0.5) is 17.1 Å². The predicted molar refractivity (Wildman–Crippen MR) is 143 cm³/mol. The lowest BCUT2D eigenvalue weighted by Crippen LogP contribution is -2.07. The Morgan fingerprint density at radius 3 is 1.94 bits per heavy atom. The van der Waals surface area contributed by atoms with Gasteiger partial charge in [0.25, 0.3) is 0 Å². The molecule has 166 valence electrons. The van der Waals surface area contributed by atoms with E-state index in [1.165, 1.54) is 0 Å². The van der Waals surface area contributed by atoms with Crippen molar-refractivity contribution in [3.05, 3.63) is 114 Å². The molecule has 4 aromatic carbocycles. The van der Waals surface area contributed by atoms with E-state index >= 15 is 0 Å². The lowest BCUT2D eigenvalue weighted by atomic mass is 10.1. The molecule has 0 amide bonds. The third kappa shape index (κ3) is 4.39. The number of carbonyl (C=O) groups is 1. The Morgan fingerprint density at radius 2 is 1.35 bits per heavy atom. The fourth-order valence-electron chi connectivity index (χ4n) is 3.99. The van der Waals surface area contributed by atoms with Crippen molar-refractivity contribution in [3.63, 3.8) is 0 Å². The minimum absolute atomic E-state index is 0.0250. The summed E-state index contributed by atoms with van der Waals surface area (Å²) in [5, 5.41) is 5.67. The molecular formula is C30H25N3O. The smallest absolute Gasteiger partial charge is 0.185 e. The fraction of sp³-hybridized carbons (Fsp3) is 0.0667. The summed E-state index contributed by atoms with van der Waals surface area (Å²) in [6.07, 6.45) is 3.47. The Morgan fingerprint density at radius 1 is 0.765 bits per heavy atom. The van der Waals surface area contributed by atoms with E-state index in [4.69, 9.17) is 4.98 Å². The zero-order chi connectivity index (χ0) is 23.5. The summed E-state index contributed by atoms with van der Waals surface area (Å²) in [5.41, 5.74) is 6.59. The van der Waals surface area contributed by atoms with Gasteiger partial charge in [-0.25, -0.2) is 4.98 Å². The number of nitrogens with zero attached hydrogens (tertiary/aromatic N) is 2. The molecule has 0 bridgehead atoms. The van der Waals surface area contributed by atoms with Crippen LogP contribution in [0, 0.1) is 0 Å². The Kier molecular flexibility index (Phi) is 5.79. The molecule has 1 aromatic heterocycles. The molecule has 0 aliphatic rings. The van der Waals surface area contributed by atoms with E-state index in [2.05, 4.69) is 17.4 Å². The molecule has 0 aliphatic carbocycles. The molecule has 0 atom stereocenters. The Bertz CT molecular complexity index is 1450. The van der Waals surface area contributed by atoms with Crippen molar-refractivity contribution in [3.8, 4) is 0 Å². The van der Waals surface area contributed by atoms with Crippen LogP contribution in [-0.2, 0) is 0 Å². The predicted octanol–water partition coefficient (Wildman–Crippen LogP) is 7.09. The maximum absolute atomic E-state index is 12.7. The second kappa shape index (κ2) is 9.20. The van der Waals surface area contributed by atoms with Crippen LogP contribution in [0.3, 0.4) is 0 Å². The van der Waals surface area contributed by atoms with E-state index in [0.29, 0.717) is 5.56 Å². The zero-order valence-electron chi connectivity index (χ0n) is 19.2. The lowest BCUT2D eigenvalue weighted by molar-refractivity contribution is 0.104. The molecule has 4 heteroatoms. The SMILES string of the molecule is CN(C)c1ccc(/C=C/C(=O)c2ccc(Nc3c4ccccc4nc4ccccc34)cc2)cc1. The number of allylic oxidation sites excluding steroid dienone is 1. The number of ketones is 1. The molecule has 0 saturated heterocycles. The monoisotopic (exact) mass is 443 g/mol. The molecule has 1 heterocycles. The van der Waals surface area contributed by atoms with Gasteiger partial charge in [-0.2, -0.15) is 0 Å². The number of aromatic nitrogens is 1. The summed E-state index contributed by atoms with van der Waals surface area (Å²) in [7, 11) is 4.01. The number of pyridine rings is 1. The molecule has 5 rings (SSSR count). The first-order valence-corrected chi connectivity index (χ1v) is 11.2. The first kappa shape index (κ1) is 21.4. The maximum atomic E-state index is 12.7. The maximum Gasteiger partial charge on any atom is 0.185 e. The Hall–Kier alpha value is -4.44. The van der Waals surface area contributed by atoms with Gasteiger partial charge in [0.05, 0.1) is 16.7 Å². The van der Waals surface area contributed by atoms with Crippen molar-refractivity contribution in [1.82, 2.24) is 4.98 Å². The second-order valence-electron chi connectivity index (χ2n) is 8.41. The van der Waals surface area contributed by atoms with E-state index in [0.717, 1.165) is 44.4 Å². The molecule has 0 spiro atoms. The van der Waals surface area contributed by atoms with Gasteiger partial charge in [0.15, 0.2) is 5.78 Å². The molecule has 5 aromatic rings. The molecular weight excluding hydrogens is 418 g/mol. The third-order valence-electron chi connectivity index (χ3n) is 5.86. The number of fused-ring (bicyclic) bond motifs is 2. The van der Waals surface area contributed by atoms with Gasteiger partial charge in [0.1, 0.15) is 0 Å². The first-order chi connectivity index (χ1) is 16.6. The largest absolute Gasteiger partial charge is 0.378 e. The number of para-hydroxylation sites is 2. The third-order valence-corrected chi connectivity index (χ3v) is 5.86.